The van der Waals surface area contributed by atoms with E-state index in [0.717, 1.165) is 5.69 Å². The van der Waals surface area contributed by atoms with Crippen LogP contribution < -0.4 is 20.3 Å². The third-order valence-corrected chi connectivity index (χ3v) is 7.52. The van der Waals surface area contributed by atoms with Crippen LogP contribution in [0.15, 0.2) is 67.3 Å². The molecule has 1 amide bonds. The summed E-state index contributed by atoms with van der Waals surface area (Å²) >= 11 is 0. The van der Waals surface area contributed by atoms with Crippen LogP contribution in [0.1, 0.15) is 48.3 Å². The van der Waals surface area contributed by atoms with Gasteiger partial charge in [-0.1, -0.05) is 12.1 Å². The molecule has 0 saturated carbocycles. The molecule has 2 aromatic carbocycles. The zero-order valence-electron chi connectivity index (χ0n) is 24.7. The third kappa shape index (κ3) is 6.12. The van der Waals surface area contributed by atoms with Crippen molar-refractivity contribution in [1.29, 1.82) is 0 Å². The molecular formula is C31H33F4N7O2. The smallest absolute Gasteiger partial charge is 0.421 e. The summed E-state index contributed by atoms with van der Waals surface area (Å²) in [7, 11) is 1.49. The number of benzene rings is 2. The van der Waals surface area contributed by atoms with Gasteiger partial charge in [-0.25, -0.2) is 9.37 Å². The third-order valence-electron chi connectivity index (χ3n) is 7.52. The van der Waals surface area contributed by atoms with Crippen LogP contribution in [0.4, 0.5) is 46.4 Å². The number of fused-ring (bicyclic) bond motifs is 1. The maximum atomic E-state index is 14.0. The number of alkyl halides is 4. The second kappa shape index (κ2) is 12.4. The number of methoxy groups -OCH3 is 1. The monoisotopic (exact) mass is 611 g/mol. The molecule has 0 radical (unpaired) electrons. The Bertz CT molecular complexity index is 1590. The van der Waals surface area contributed by atoms with Gasteiger partial charge < -0.3 is 30.1 Å². The van der Waals surface area contributed by atoms with E-state index >= 15 is 0 Å². The Morgan fingerprint density at radius 3 is 2.59 bits per heavy atom. The fourth-order valence-electron chi connectivity index (χ4n) is 5.18. The first-order valence-electron chi connectivity index (χ1n) is 14.1. The lowest BCUT2D eigenvalue weighted by atomic mass is 10.0. The van der Waals surface area contributed by atoms with Crippen LogP contribution in [-0.4, -0.2) is 58.6 Å². The first kappa shape index (κ1) is 30.6. The lowest BCUT2D eigenvalue weighted by molar-refractivity contribution is -0.137. The molecular weight excluding hydrogens is 578 g/mol. The predicted molar refractivity (Wildman–Crippen MR) is 161 cm³/mol. The highest BCUT2D eigenvalue weighted by Gasteiger charge is 2.38. The van der Waals surface area contributed by atoms with E-state index < -0.39 is 36.2 Å². The van der Waals surface area contributed by atoms with Crippen molar-refractivity contribution >= 4 is 34.7 Å². The first-order chi connectivity index (χ1) is 21.0. The molecule has 9 nitrogen and oxygen atoms in total. The maximum absolute atomic E-state index is 14.0. The van der Waals surface area contributed by atoms with Crippen molar-refractivity contribution in [3.8, 4) is 5.75 Å². The summed E-state index contributed by atoms with van der Waals surface area (Å²) in [4.78, 5) is 26.6. The van der Waals surface area contributed by atoms with Crippen LogP contribution in [0.25, 0.3) is 0 Å². The summed E-state index contributed by atoms with van der Waals surface area (Å²) in [6.07, 6.45) is 3.89. The fourth-order valence-corrected chi connectivity index (χ4v) is 5.18. The van der Waals surface area contributed by atoms with Crippen molar-refractivity contribution in [2.24, 2.45) is 0 Å². The molecule has 2 N–H and O–H groups in total. The second-order valence-corrected chi connectivity index (χ2v) is 10.6. The number of carbonyl (C=O) groups is 1. The van der Waals surface area contributed by atoms with Gasteiger partial charge in [0.15, 0.2) is 0 Å². The van der Waals surface area contributed by atoms with Crippen LogP contribution in [-0.2, 0) is 6.18 Å². The standard InChI is InChI=1S/C31H33F4N7O2/c1-19(2)40-12-6-13-41(16-15-40)21-9-10-24(26(17-21)44-4)38-30-36-18-23(31(33,34)35)28(39-30)37-25-8-5-7-22-20(3)42(14-11-32)29(43)27(22)25/h5-10,12,15-20H,11,13-14H2,1-4H3,(H2,36,37,38,39). The van der Waals surface area contributed by atoms with Crippen molar-refractivity contribution in [3.63, 3.8) is 0 Å². The minimum atomic E-state index is -4.78. The molecule has 44 heavy (non-hydrogen) atoms. The van der Waals surface area contributed by atoms with Crippen LogP contribution in [0.3, 0.4) is 0 Å². The Hall–Kier alpha value is -4.81. The second-order valence-electron chi connectivity index (χ2n) is 10.6. The molecule has 3 aromatic rings. The molecule has 2 aliphatic rings. The van der Waals surface area contributed by atoms with Crippen LogP contribution >= 0.6 is 0 Å². The van der Waals surface area contributed by atoms with E-state index in [4.69, 9.17) is 4.74 Å². The Morgan fingerprint density at radius 2 is 1.89 bits per heavy atom. The summed E-state index contributed by atoms with van der Waals surface area (Å²) in [6.45, 7) is 5.70. The number of amides is 1. The average molecular weight is 612 g/mol. The molecule has 13 heteroatoms. The molecule has 0 fully saturated rings. The number of rotatable bonds is 9. The zero-order valence-corrected chi connectivity index (χ0v) is 24.7. The molecule has 0 bridgehead atoms. The Balaban J connectivity index is 1.45. The lowest BCUT2D eigenvalue weighted by Crippen LogP contribution is -2.28. The predicted octanol–water partition coefficient (Wildman–Crippen LogP) is 6.99. The molecule has 0 saturated heterocycles. The van der Waals surface area contributed by atoms with Gasteiger partial charge in [0.1, 0.15) is 23.8 Å². The van der Waals surface area contributed by atoms with Crippen molar-refractivity contribution in [1.82, 2.24) is 19.8 Å². The number of hydrogen-bond donors (Lipinski definition) is 2. The van der Waals surface area contributed by atoms with E-state index in [1.807, 2.05) is 35.6 Å². The molecule has 5 rings (SSSR count). The van der Waals surface area contributed by atoms with Gasteiger partial charge in [0.05, 0.1) is 30.1 Å². The number of carbonyl (C=O) groups excluding carboxylic acids is 1. The average Bonchev–Trinajstić information content (AvgIpc) is 3.13. The molecule has 0 aliphatic carbocycles. The number of aromatic nitrogens is 2. The van der Waals surface area contributed by atoms with Gasteiger partial charge in [-0.3, -0.25) is 4.79 Å². The van der Waals surface area contributed by atoms with Gasteiger partial charge >= 0.3 is 6.18 Å². The van der Waals surface area contributed by atoms with E-state index in [1.165, 1.54) is 18.1 Å². The minimum Gasteiger partial charge on any atom is -0.494 e. The summed E-state index contributed by atoms with van der Waals surface area (Å²) in [6, 6.07) is 10.1. The number of hydrogen-bond acceptors (Lipinski definition) is 8. The summed E-state index contributed by atoms with van der Waals surface area (Å²) in [5.74, 6) is -0.704. The quantitative estimate of drug-likeness (QED) is 0.251. The van der Waals surface area contributed by atoms with Crippen LogP contribution in [0.2, 0.25) is 0 Å². The minimum absolute atomic E-state index is 0.120. The van der Waals surface area contributed by atoms with Crippen molar-refractivity contribution in [3.05, 3.63) is 84.0 Å². The topological polar surface area (TPSA) is 85.9 Å². The highest BCUT2D eigenvalue weighted by molar-refractivity contribution is 6.04. The molecule has 1 atom stereocenters. The van der Waals surface area contributed by atoms with Gasteiger partial charge in [0.25, 0.3) is 5.91 Å². The molecule has 232 valence electrons. The van der Waals surface area contributed by atoms with Gasteiger partial charge in [-0.05, 0) is 50.6 Å². The Morgan fingerprint density at radius 1 is 1.09 bits per heavy atom. The summed E-state index contributed by atoms with van der Waals surface area (Å²) < 4.78 is 60.8. The highest BCUT2D eigenvalue weighted by Crippen LogP contribution is 2.41. The van der Waals surface area contributed by atoms with Crippen molar-refractivity contribution < 1.29 is 27.1 Å². The van der Waals surface area contributed by atoms with Crippen molar-refractivity contribution in [2.75, 3.05) is 42.4 Å². The van der Waals surface area contributed by atoms with Crippen molar-refractivity contribution in [2.45, 2.75) is 39.0 Å². The Kier molecular flexibility index (Phi) is 8.66. The van der Waals surface area contributed by atoms with Gasteiger partial charge in [0.2, 0.25) is 5.95 Å². The largest absolute Gasteiger partial charge is 0.494 e. The Labute approximate surface area is 252 Å². The number of nitrogens with zero attached hydrogens (tertiary/aromatic N) is 5. The first-order valence-corrected chi connectivity index (χ1v) is 14.1. The van der Waals surface area contributed by atoms with Gasteiger partial charge in [-0.15, -0.1) is 0 Å². The maximum Gasteiger partial charge on any atom is 0.421 e. The SMILES string of the molecule is COc1cc(N2C=CN(C(C)C)C=CC2)ccc1Nc1ncc(C(F)(F)F)c(Nc2cccc3c2C(=O)N(CCF)C3C)n1. The highest BCUT2D eigenvalue weighted by atomic mass is 19.4. The number of nitrogens with one attached hydrogen (secondary N) is 2. The van der Waals surface area contributed by atoms with Gasteiger partial charge in [0, 0.05) is 55.7 Å². The molecule has 2 aliphatic heterocycles. The van der Waals surface area contributed by atoms with E-state index in [2.05, 4.69) is 39.3 Å². The van der Waals surface area contributed by atoms with E-state index in [-0.39, 0.29) is 23.7 Å². The summed E-state index contributed by atoms with van der Waals surface area (Å²) in [5.41, 5.74) is 1.07. The van der Waals surface area contributed by atoms with Crippen LogP contribution in [0.5, 0.6) is 5.75 Å². The zero-order chi connectivity index (χ0) is 31.6. The van der Waals surface area contributed by atoms with Crippen LogP contribution in [0, 0.1) is 0 Å². The fraction of sp³-hybridized carbons (Fsp3) is 0.323. The summed E-state index contributed by atoms with van der Waals surface area (Å²) in [5, 5.41) is 5.66. The number of anilines is 5. The van der Waals surface area contributed by atoms with Gasteiger partial charge in [-0.2, -0.15) is 18.2 Å². The van der Waals surface area contributed by atoms with E-state index in [0.29, 0.717) is 35.8 Å². The number of ether oxygens (including phenoxy) is 1. The molecule has 0 spiro atoms. The van der Waals surface area contributed by atoms with E-state index in [9.17, 15) is 22.4 Å². The normalized spacial score (nSPS) is 16.4. The number of halogens is 4. The van der Waals surface area contributed by atoms with E-state index in [1.54, 1.807) is 31.2 Å². The lowest BCUT2D eigenvalue weighted by Gasteiger charge is -2.21. The molecule has 1 unspecified atom stereocenters. The molecule has 3 heterocycles. The molecule has 1 aromatic heterocycles.